The van der Waals surface area contributed by atoms with E-state index in [1.165, 1.54) is 32.4 Å². The first-order valence-electron chi connectivity index (χ1n) is 6.80. The number of nitrogens with one attached hydrogen (secondary N) is 1. The topological polar surface area (TPSA) is 64.6 Å². The van der Waals surface area contributed by atoms with Gasteiger partial charge in [-0.15, -0.1) is 0 Å². The van der Waals surface area contributed by atoms with Crippen LogP contribution in [0.25, 0.3) is 0 Å². The van der Waals surface area contributed by atoms with Crippen LogP contribution in [0.2, 0.25) is 0 Å². The number of anilines is 1. The minimum atomic E-state index is -3.96. The molecule has 0 amide bonds. The van der Waals surface area contributed by atoms with Gasteiger partial charge in [0.05, 0.1) is 24.8 Å². The van der Waals surface area contributed by atoms with Gasteiger partial charge in [-0.1, -0.05) is 6.07 Å². The van der Waals surface area contributed by atoms with Crippen LogP contribution in [0.15, 0.2) is 35.2 Å². The van der Waals surface area contributed by atoms with Crippen molar-refractivity contribution >= 4 is 15.7 Å². The van der Waals surface area contributed by atoms with Gasteiger partial charge in [-0.05, 0) is 43.2 Å². The largest absolute Gasteiger partial charge is 0.493 e. The van der Waals surface area contributed by atoms with Gasteiger partial charge in [0.15, 0.2) is 11.5 Å². The van der Waals surface area contributed by atoms with Crippen molar-refractivity contribution in [2.45, 2.75) is 18.7 Å². The normalized spacial score (nSPS) is 11.2. The molecule has 0 unspecified atom stereocenters. The summed E-state index contributed by atoms with van der Waals surface area (Å²) in [4.78, 5) is -0.00451. The maximum absolute atomic E-state index is 13.9. The molecule has 0 aliphatic heterocycles. The second kappa shape index (κ2) is 6.45. The molecule has 23 heavy (non-hydrogen) atoms. The molecule has 0 saturated heterocycles. The third-order valence-electron chi connectivity index (χ3n) is 3.34. The van der Waals surface area contributed by atoms with Crippen molar-refractivity contribution in [2.24, 2.45) is 0 Å². The standard InChI is InChI=1S/C16H18FNO4S/c1-10-5-6-13(12(17)7-10)18-23(19,20)16-9-15(22-4)14(21-3)8-11(16)2/h5-9,18H,1-4H3. The van der Waals surface area contributed by atoms with Crippen molar-refractivity contribution in [3.8, 4) is 11.5 Å². The predicted octanol–water partition coefficient (Wildman–Crippen LogP) is 3.26. The van der Waals surface area contributed by atoms with Crippen LogP contribution in [-0.2, 0) is 10.0 Å². The molecular weight excluding hydrogens is 321 g/mol. The predicted molar refractivity (Wildman–Crippen MR) is 86.2 cm³/mol. The number of methoxy groups -OCH3 is 2. The van der Waals surface area contributed by atoms with Gasteiger partial charge >= 0.3 is 0 Å². The molecule has 0 heterocycles. The quantitative estimate of drug-likeness (QED) is 0.908. The molecule has 2 rings (SSSR count). The fourth-order valence-corrected chi connectivity index (χ4v) is 3.46. The first kappa shape index (κ1) is 17.1. The summed E-state index contributed by atoms with van der Waals surface area (Å²) in [6.45, 7) is 3.35. The van der Waals surface area contributed by atoms with Crippen LogP contribution < -0.4 is 14.2 Å². The smallest absolute Gasteiger partial charge is 0.262 e. The molecule has 0 aromatic heterocycles. The second-order valence-corrected chi connectivity index (χ2v) is 6.71. The third kappa shape index (κ3) is 3.56. The zero-order valence-electron chi connectivity index (χ0n) is 13.3. The summed E-state index contributed by atoms with van der Waals surface area (Å²) in [6, 6.07) is 7.18. The van der Waals surface area contributed by atoms with Crippen LogP contribution in [0.1, 0.15) is 11.1 Å². The van der Waals surface area contributed by atoms with Crippen LogP contribution >= 0.6 is 0 Å². The second-order valence-electron chi connectivity index (χ2n) is 5.06. The highest BCUT2D eigenvalue weighted by atomic mass is 32.2. The Labute approximate surface area is 135 Å². The van der Waals surface area contributed by atoms with Crippen LogP contribution in [0.5, 0.6) is 11.5 Å². The zero-order chi connectivity index (χ0) is 17.2. The van der Waals surface area contributed by atoms with Gasteiger partial charge in [-0.3, -0.25) is 4.72 Å². The van der Waals surface area contributed by atoms with E-state index in [0.717, 1.165) is 0 Å². The molecule has 0 aliphatic rings. The number of hydrogen-bond donors (Lipinski definition) is 1. The molecule has 0 fully saturated rings. The highest BCUT2D eigenvalue weighted by Gasteiger charge is 2.21. The maximum atomic E-state index is 13.9. The van der Waals surface area contributed by atoms with Gasteiger partial charge in [-0.25, -0.2) is 12.8 Å². The number of benzene rings is 2. The minimum Gasteiger partial charge on any atom is -0.493 e. The summed E-state index contributed by atoms with van der Waals surface area (Å²) < 4.78 is 51.5. The average molecular weight is 339 g/mol. The molecule has 0 radical (unpaired) electrons. The molecule has 124 valence electrons. The molecule has 5 nitrogen and oxygen atoms in total. The summed E-state index contributed by atoms with van der Waals surface area (Å²) in [5, 5.41) is 0. The monoisotopic (exact) mass is 339 g/mol. The lowest BCUT2D eigenvalue weighted by molar-refractivity contribution is 0.353. The Morgan fingerprint density at radius 1 is 1.00 bits per heavy atom. The zero-order valence-corrected chi connectivity index (χ0v) is 14.1. The Bertz CT molecular complexity index is 834. The van der Waals surface area contributed by atoms with Crippen molar-refractivity contribution < 1.29 is 22.3 Å². The minimum absolute atomic E-state index is 0.00451. The van der Waals surface area contributed by atoms with E-state index >= 15 is 0 Å². The lowest BCUT2D eigenvalue weighted by Gasteiger charge is -2.14. The van der Waals surface area contributed by atoms with Gasteiger partial charge in [0.1, 0.15) is 5.82 Å². The van der Waals surface area contributed by atoms with E-state index in [9.17, 15) is 12.8 Å². The van der Waals surface area contributed by atoms with E-state index in [0.29, 0.717) is 16.9 Å². The first-order chi connectivity index (χ1) is 10.8. The van der Waals surface area contributed by atoms with Crippen LogP contribution in [-0.4, -0.2) is 22.6 Å². The van der Waals surface area contributed by atoms with E-state index < -0.39 is 15.8 Å². The summed E-state index contributed by atoms with van der Waals surface area (Å²) in [7, 11) is -1.09. The van der Waals surface area contributed by atoms with Crippen LogP contribution in [0, 0.1) is 19.7 Å². The van der Waals surface area contributed by atoms with Crippen LogP contribution in [0.4, 0.5) is 10.1 Å². The fourth-order valence-electron chi connectivity index (χ4n) is 2.15. The molecular formula is C16H18FNO4S. The third-order valence-corrected chi connectivity index (χ3v) is 4.85. The van der Waals surface area contributed by atoms with Crippen molar-refractivity contribution in [1.29, 1.82) is 0 Å². The molecule has 0 aliphatic carbocycles. The van der Waals surface area contributed by atoms with Gasteiger partial charge in [0.2, 0.25) is 0 Å². The molecule has 0 saturated carbocycles. The molecule has 2 aromatic carbocycles. The van der Waals surface area contributed by atoms with Crippen molar-refractivity contribution in [1.82, 2.24) is 0 Å². The Balaban J connectivity index is 2.47. The molecule has 0 bridgehead atoms. The molecule has 0 spiro atoms. The number of ether oxygens (including phenoxy) is 2. The molecule has 1 N–H and O–H groups in total. The van der Waals surface area contributed by atoms with Crippen molar-refractivity contribution in [3.63, 3.8) is 0 Å². The Morgan fingerprint density at radius 2 is 1.61 bits per heavy atom. The van der Waals surface area contributed by atoms with Gasteiger partial charge < -0.3 is 9.47 Å². The first-order valence-corrected chi connectivity index (χ1v) is 8.28. The maximum Gasteiger partial charge on any atom is 0.262 e. The molecule has 2 aromatic rings. The Morgan fingerprint density at radius 3 is 2.17 bits per heavy atom. The Kier molecular flexibility index (Phi) is 4.79. The number of rotatable bonds is 5. The average Bonchev–Trinajstić information content (AvgIpc) is 2.49. The lowest BCUT2D eigenvalue weighted by Crippen LogP contribution is -2.15. The number of hydrogen-bond acceptors (Lipinski definition) is 4. The number of halogens is 1. The van der Waals surface area contributed by atoms with E-state index in [2.05, 4.69) is 4.72 Å². The van der Waals surface area contributed by atoms with E-state index in [-0.39, 0.29) is 16.3 Å². The van der Waals surface area contributed by atoms with Gasteiger partial charge in [0, 0.05) is 6.07 Å². The van der Waals surface area contributed by atoms with Gasteiger partial charge in [-0.2, -0.15) is 0 Å². The Hall–Kier alpha value is -2.28. The number of aryl methyl sites for hydroxylation is 2. The summed E-state index contributed by atoms with van der Waals surface area (Å²) in [5.41, 5.74) is 1.06. The van der Waals surface area contributed by atoms with Gasteiger partial charge in [0.25, 0.3) is 10.0 Å². The van der Waals surface area contributed by atoms with E-state index in [1.54, 1.807) is 26.0 Å². The highest BCUT2D eigenvalue weighted by Crippen LogP contribution is 2.33. The lowest BCUT2D eigenvalue weighted by atomic mass is 10.2. The SMILES string of the molecule is COc1cc(C)c(S(=O)(=O)Nc2ccc(C)cc2F)cc1OC. The van der Waals surface area contributed by atoms with E-state index in [4.69, 9.17) is 9.47 Å². The summed E-state index contributed by atoms with van der Waals surface area (Å²) in [5.74, 6) is 0.0695. The molecule has 7 heteroatoms. The van der Waals surface area contributed by atoms with E-state index in [1.807, 2.05) is 0 Å². The summed E-state index contributed by atoms with van der Waals surface area (Å²) in [6.07, 6.45) is 0. The van der Waals surface area contributed by atoms with Crippen molar-refractivity contribution in [2.75, 3.05) is 18.9 Å². The fraction of sp³-hybridized carbons (Fsp3) is 0.250. The number of sulfonamides is 1. The summed E-state index contributed by atoms with van der Waals surface area (Å²) >= 11 is 0. The van der Waals surface area contributed by atoms with Crippen molar-refractivity contribution in [3.05, 3.63) is 47.3 Å². The highest BCUT2D eigenvalue weighted by molar-refractivity contribution is 7.92. The molecule has 0 atom stereocenters. The van der Waals surface area contributed by atoms with Crippen LogP contribution in [0.3, 0.4) is 0 Å².